The largest absolute Gasteiger partial charge is 1.00 e. The summed E-state index contributed by atoms with van der Waals surface area (Å²) in [6.45, 7) is 0. The SMILES string of the molecule is CS(=O)(=O)[O-].NC1C=Cc2nc3ccccc3nc2C1=O.[Na+]. The van der Waals surface area contributed by atoms with E-state index < -0.39 is 16.2 Å². The predicted molar refractivity (Wildman–Crippen MR) is 76.5 cm³/mol. The molecule has 0 radical (unpaired) electrons. The number of para-hydroxylation sites is 2. The van der Waals surface area contributed by atoms with Gasteiger partial charge in [-0.3, -0.25) is 4.79 Å². The fourth-order valence-electron chi connectivity index (χ4n) is 1.75. The quantitative estimate of drug-likeness (QED) is 0.413. The van der Waals surface area contributed by atoms with Crippen molar-refractivity contribution in [2.75, 3.05) is 6.26 Å². The molecule has 110 valence electrons. The maximum absolute atomic E-state index is 11.8. The number of hydrogen-bond acceptors (Lipinski definition) is 7. The van der Waals surface area contributed by atoms with Crippen LogP contribution in [0.2, 0.25) is 0 Å². The molecule has 1 heterocycles. The molecule has 1 aliphatic rings. The Kier molecular flexibility index (Phi) is 6.36. The summed E-state index contributed by atoms with van der Waals surface area (Å²) in [5.74, 6) is -0.171. The Morgan fingerprint density at radius 2 is 1.68 bits per heavy atom. The molecule has 2 N–H and O–H groups in total. The van der Waals surface area contributed by atoms with Crippen LogP contribution in [0.25, 0.3) is 17.1 Å². The van der Waals surface area contributed by atoms with Crippen molar-refractivity contribution in [1.82, 2.24) is 9.97 Å². The third kappa shape index (κ3) is 4.94. The smallest absolute Gasteiger partial charge is 0.748 e. The van der Waals surface area contributed by atoms with Crippen LogP contribution >= 0.6 is 0 Å². The zero-order valence-corrected chi connectivity index (χ0v) is 14.9. The van der Waals surface area contributed by atoms with E-state index in [0.29, 0.717) is 17.6 Å². The van der Waals surface area contributed by atoms with Gasteiger partial charge < -0.3 is 10.3 Å². The fraction of sp³-hybridized carbons (Fsp3) is 0.154. The molecule has 9 heteroatoms. The van der Waals surface area contributed by atoms with Crippen LogP contribution < -0.4 is 35.3 Å². The standard InChI is InChI=1S/C12H9N3O.CH4O3S.Na/c13-7-5-6-10-11(12(7)16)15-9-4-2-1-3-8(9)14-10;1-5(2,3)4;/h1-7H,13H2;1H3,(H,2,3,4);/q;;+1/p-1. The first-order valence-corrected chi connectivity index (χ1v) is 7.73. The molecule has 0 saturated carbocycles. The molecule has 1 aliphatic carbocycles. The summed E-state index contributed by atoms with van der Waals surface area (Å²) < 4.78 is 27.2. The van der Waals surface area contributed by atoms with E-state index in [-0.39, 0.29) is 35.3 Å². The Balaban J connectivity index is 0.000000356. The minimum Gasteiger partial charge on any atom is -0.748 e. The van der Waals surface area contributed by atoms with E-state index in [2.05, 4.69) is 9.97 Å². The number of Topliss-reactive ketones (excluding diaryl/α,β-unsaturated/α-hetero) is 1. The van der Waals surface area contributed by atoms with Crippen molar-refractivity contribution in [3.63, 3.8) is 0 Å². The van der Waals surface area contributed by atoms with Gasteiger partial charge in [-0.15, -0.1) is 0 Å². The summed E-state index contributed by atoms with van der Waals surface area (Å²) in [6, 6.07) is 6.87. The first-order valence-electron chi connectivity index (χ1n) is 5.91. The molecule has 1 atom stereocenters. The van der Waals surface area contributed by atoms with Crippen molar-refractivity contribution in [2.45, 2.75) is 6.04 Å². The van der Waals surface area contributed by atoms with Crippen LogP contribution in [0.1, 0.15) is 16.2 Å². The monoisotopic (exact) mass is 329 g/mol. The Hall–Kier alpha value is -1.16. The minimum absolute atomic E-state index is 0. The number of hydrogen-bond donors (Lipinski definition) is 1. The number of nitrogens with two attached hydrogens (primary N) is 1. The van der Waals surface area contributed by atoms with Gasteiger partial charge >= 0.3 is 29.6 Å². The van der Waals surface area contributed by atoms with Crippen molar-refractivity contribution in [3.8, 4) is 0 Å². The van der Waals surface area contributed by atoms with Crippen LogP contribution in [0.4, 0.5) is 0 Å². The van der Waals surface area contributed by atoms with Gasteiger partial charge in [0.1, 0.15) is 5.69 Å². The Bertz CT molecular complexity index is 828. The molecule has 1 aromatic carbocycles. The maximum atomic E-state index is 11.8. The Labute approximate surface area is 149 Å². The number of carbonyl (C=O) groups is 1. The number of rotatable bonds is 0. The van der Waals surface area contributed by atoms with Crippen LogP contribution in [0, 0.1) is 0 Å². The second kappa shape index (κ2) is 7.40. The van der Waals surface area contributed by atoms with Gasteiger partial charge in [0.2, 0.25) is 5.78 Å². The Morgan fingerprint density at radius 3 is 2.23 bits per heavy atom. The molecule has 0 saturated heterocycles. The fourth-order valence-corrected chi connectivity index (χ4v) is 1.75. The van der Waals surface area contributed by atoms with Crippen LogP contribution in [0.5, 0.6) is 0 Å². The molecule has 22 heavy (non-hydrogen) atoms. The third-order valence-electron chi connectivity index (χ3n) is 2.60. The molecule has 2 aromatic rings. The second-order valence-corrected chi connectivity index (χ2v) is 5.81. The topological polar surface area (TPSA) is 126 Å². The molecular formula is C13H12N3NaO4S. The Morgan fingerprint density at radius 1 is 1.18 bits per heavy atom. The summed E-state index contributed by atoms with van der Waals surface area (Å²) in [6.07, 6.45) is 4.00. The van der Waals surface area contributed by atoms with E-state index in [1.165, 1.54) is 0 Å². The van der Waals surface area contributed by atoms with Crippen LogP contribution in [0.3, 0.4) is 0 Å². The first-order chi connectivity index (χ1) is 9.75. The zero-order chi connectivity index (χ0) is 15.6. The number of aromatic nitrogens is 2. The summed E-state index contributed by atoms with van der Waals surface area (Å²) in [5.41, 5.74) is 8.11. The van der Waals surface area contributed by atoms with E-state index in [1.807, 2.05) is 24.3 Å². The normalized spacial score (nSPS) is 16.3. The van der Waals surface area contributed by atoms with Crippen LogP contribution in [-0.4, -0.2) is 41.0 Å². The summed E-state index contributed by atoms with van der Waals surface area (Å²) in [4.78, 5) is 20.5. The molecule has 0 spiro atoms. The molecule has 1 unspecified atom stereocenters. The van der Waals surface area contributed by atoms with Crippen molar-refractivity contribution in [3.05, 3.63) is 41.7 Å². The third-order valence-corrected chi connectivity index (χ3v) is 2.60. The van der Waals surface area contributed by atoms with Crippen molar-refractivity contribution >= 4 is 33.0 Å². The van der Waals surface area contributed by atoms with Gasteiger partial charge in [0.05, 0.1) is 32.9 Å². The average Bonchev–Trinajstić information content (AvgIpc) is 2.40. The first kappa shape index (κ1) is 18.9. The van der Waals surface area contributed by atoms with E-state index in [9.17, 15) is 4.79 Å². The summed E-state index contributed by atoms with van der Waals surface area (Å²) in [5, 5.41) is 0. The van der Waals surface area contributed by atoms with Gasteiger partial charge in [0.25, 0.3) is 0 Å². The van der Waals surface area contributed by atoms with Gasteiger partial charge in [0.15, 0.2) is 0 Å². The number of ketones is 1. The van der Waals surface area contributed by atoms with Gasteiger partial charge in [-0.05, 0) is 18.2 Å². The average molecular weight is 329 g/mol. The number of fused-ring (bicyclic) bond motifs is 2. The summed E-state index contributed by atoms with van der Waals surface area (Å²) >= 11 is 0. The van der Waals surface area contributed by atoms with E-state index >= 15 is 0 Å². The predicted octanol–water partition coefficient (Wildman–Crippen LogP) is -2.67. The zero-order valence-electron chi connectivity index (χ0n) is 12.1. The van der Waals surface area contributed by atoms with Gasteiger partial charge in [-0.2, -0.15) is 0 Å². The van der Waals surface area contributed by atoms with Crippen molar-refractivity contribution in [2.24, 2.45) is 5.73 Å². The molecule has 1 aromatic heterocycles. The number of benzene rings is 1. The van der Waals surface area contributed by atoms with Crippen LogP contribution in [0.15, 0.2) is 30.3 Å². The van der Waals surface area contributed by atoms with E-state index in [0.717, 1.165) is 11.0 Å². The molecule has 0 fully saturated rings. The van der Waals surface area contributed by atoms with E-state index in [1.54, 1.807) is 12.2 Å². The van der Waals surface area contributed by atoms with Gasteiger partial charge in [-0.25, -0.2) is 18.4 Å². The molecule has 0 amide bonds. The number of carbonyl (C=O) groups excluding carboxylic acids is 1. The molecule has 7 nitrogen and oxygen atoms in total. The minimum atomic E-state index is -3.92. The van der Waals surface area contributed by atoms with Crippen molar-refractivity contribution < 1.29 is 47.3 Å². The van der Waals surface area contributed by atoms with E-state index in [4.69, 9.17) is 18.7 Å². The van der Waals surface area contributed by atoms with Gasteiger partial charge in [0, 0.05) is 6.26 Å². The van der Waals surface area contributed by atoms with Crippen molar-refractivity contribution in [1.29, 1.82) is 0 Å². The molecule has 0 bridgehead atoms. The maximum Gasteiger partial charge on any atom is 1.00 e. The molecular weight excluding hydrogens is 317 g/mol. The second-order valence-electron chi connectivity index (χ2n) is 4.40. The van der Waals surface area contributed by atoms with Crippen LogP contribution in [-0.2, 0) is 10.1 Å². The molecule has 3 rings (SSSR count). The van der Waals surface area contributed by atoms with Gasteiger partial charge in [-0.1, -0.05) is 18.2 Å². The number of nitrogens with zero attached hydrogens (tertiary/aromatic N) is 2. The summed E-state index contributed by atoms with van der Waals surface area (Å²) in [7, 11) is -3.92. The molecule has 0 aliphatic heterocycles.